The molecule has 0 fully saturated rings. The lowest BCUT2D eigenvalue weighted by molar-refractivity contribution is -0.131. The smallest absolute Gasteiger partial charge is 0.247 e. The van der Waals surface area contributed by atoms with Crippen molar-refractivity contribution in [1.82, 2.24) is 21.3 Å². The van der Waals surface area contributed by atoms with E-state index >= 15 is 0 Å². The van der Waals surface area contributed by atoms with Crippen molar-refractivity contribution in [2.75, 3.05) is 30.9 Å². The second-order valence-corrected chi connectivity index (χ2v) is 11.4. The van der Waals surface area contributed by atoms with Gasteiger partial charge in [0.15, 0.2) is 0 Å². The van der Waals surface area contributed by atoms with Crippen LogP contribution in [-0.2, 0) is 38.6 Å². The van der Waals surface area contributed by atoms with Crippen LogP contribution in [0.3, 0.4) is 0 Å². The lowest BCUT2D eigenvalue weighted by Crippen LogP contribution is -2.54. The maximum Gasteiger partial charge on any atom is 0.247 e. The highest BCUT2D eigenvalue weighted by Crippen LogP contribution is 2.13. The second kappa shape index (κ2) is 20.1. The van der Waals surface area contributed by atoms with Gasteiger partial charge in [0.1, 0.15) is 17.8 Å². The minimum atomic E-state index is -0.946. The van der Waals surface area contributed by atoms with Crippen LogP contribution in [0.2, 0.25) is 0 Å². The van der Waals surface area contributed by atoms with Gasteiger partial charge >= 0.3 is 0 Å². The van der Waals surface area contributed by atoms with E-state index in [9.17, 15) is 29.4 Å². The molecule has 3 aromatic rings. The first kappa shape index (κ1) is 38.1. The molecule has 13 heteroatoms. The Labute approximate surface area is 279 Å². The highest BCUT2D eigenvalue weighted by molar-refractivity contribution is 7.98. The molecule has 0 saturated heterocycles. The Hall–Kier alpha value is -4.10. The van der Waals surface area contributed by atoms with Gasteiger partial charge in [-0.2, -0.15) is 11.8 Å². The number of aromatic hydroxyl groups is 1. The summed E-state index contributed by atoms with van der Waals surface area (Å²) in [5.74, 6) is -1.19. The fourth-order valence-electron chi connectivity index (χ4n) is 4.54. The Balaban J connectivity index is 0.00000736. The summed E-state index contributed by atoms with van der Waals surface area (Å²) in [7, 11) is 1.65. The largest absolute Gasteiger partial charge is 0.508 e. The van der Waals surface area contributed by atoms with E-state index in [1.54, 1.807) is 55.6 Å². The fraction of sp³-hybridized carbons (Fsp3) is 0.333. The topological polar surface area (TPSA) is 169 Å². The zero-order valence-corrected chi connectivity index (χ0v) is 27.5. The number of amides is 4. The van der Waals surface area contributed by atoms with Gasteiger partial charge in [-0.3, -0.25) is 19.2 Å². The number of thioether (sulfide) groups is 1. The third-order valence-electron chi connectivity index (χ3n) is 7.02. The lowest BCUT2D eigenvalue weighted by Gasteiger charge is -2.23. The minimum Gasteiger partial charge on any atom is -0.508 e. The number of nitrogens with one attached hydrogen (secondary N) is 5. The van der Waals surface area contributed by atoms with Gasteiger partial charge < -0.3 is 36.8 Å². The van der Waals surface area contributed by atoms with Crippen LogP contribution in [0.1, 0.15) is 23.1 Å². The minimum absolute atomic E-state index is 0. The summed E-state index contributed by atoms with van der Waals surface area (Å²) >= 11 is 1.52. The highest BCUT2D eigenvalue weighted by Gasteiger charge is 2.26. The van der Waals surface area contributed by atoms with Crippen molar-refractivity contribution in [1.29, 1.82) is 0 Å². The number of carbonyl (C=O) groups is 4. The summed E-state index contributed by atoms with van der Waals surface area (Å²) in [6.45, 7) is -0.577. The molecule has 0 aliphatic rings. The van der Waals surface area contributed by atoms with Crippen molar-refractivity contribution < 1.29 is 29.4 Å². The van der Waals surface area contributed by atoms with E-state index in [0.29, 0.717) is 29.8 Å². The van der Waals surface area contributed by atoms with Crippen LogP contribution in [0.4, 0.5) is 5.69 Å². The highest BCUT2D eigenvalue weighted by atomic mass is 35.5. The van der Waals surface area contributed by atoms with E-state index in [4.69, 9.17) is 0 Å². The summed E-state index contributed by atoms with van der Waals surface area (Å²) in [6.07, 6.45) is 2.80. The normalized spacial score (nSPS) is 12.5. The molecule has 11 nitrogen and oxygen atoms in total. The number of halogens is 1. The van der Waals surface area contributed by atoms with Gasteiger partial charge in [-0.25, -0.2) is 0 Å². The number of hydrogen-bond donors (Lipinski definition) is 7. The van der Waals surface area contributed by atoms with Crippen LogP contribution in [0.5, 0.6) is 5.75 Å². The molecule has 3 rings (SSSR count). The van der Waals surface area contributed by atoms with Gasteiger partial charge in [0, 0.05) is 12.1 Å². The van der Waals surface area contributed by atoms with Crippen molar-refractivity contribution in [3.8, 4) is 5.75 Å². The van der Waals surface area contributed by atoms with Crippen LogP contribution < -0.4 is 26.6 Å². The zero-order valence-electron chi connectivity index (χ0n) is 25.8. The van der Waals surface area contributed by atoms with Gasteiger partial charge in [-0.05, 0) is 72.9 Å². The van der Waals surface area contributed by atoms with Crippen LogP contribution in [0.15, 0.2) is 78.9 Å². The van der Waals surface area contributed by atoms with E-state index in [1.807, 2.05) is 36.6 Å². The number of benzene rings is 3. The molecule has 0 unspecified atom stereocenters. The molecule has 0 aromatic heterocycles. The molecule has 0 spiro atoms. The third-order valence-corrected chi connectivity index (χ3v) is 7.66. The molecule has 0 radical (unpaired) electrons. The number of rotatable bonds is 17. The first-order valence-electron chi connectivity index (χ1n) is 14.6. The molecule has 0 bridgehead atoms. The van der Waals surface area contributed by atoms with Crippen LogP contribution in [0.25, 0.3) is 0 Å². The molecule has 248 valence electrons. The SMILES string of the molecule is CN[C@@H](Cc1ccc(O)cc1)C(=O)N[C@H](CCSC)C(=O)NCC(=O)N[C@@H](Cc1ccccc1)C(=O)Nc1cccc(CO)c1.Cl. The lowest BCUT2D eigenvalue weighted by atomic mass is 10.0. The Kier molecular flexibility index (Phi) is 16.7. The summed E-state index contributed by atoms with van der Waals surface area (Å²) in [5.41, 5.74) is 2.77. The summed E-state index contributed by atoms with van der Waals surface area (Å²) < 4.78 is 0. The summed E-state index contributed by atoms with van der Waals surface area (Å²) in [5, 5.41) is 32.8. The first-order valence-corrected chi connectivity index (χ1v) is 16.0. The molecule has 3 atom stereocenters. The van der Waals surface area contributed by atoms with Crippen molar-refractivity contribution >= 4 is 53.5 Å². The number of aliphatic hydroxyl groups excluding tert-OH is 1. The van der Waals surface area contributed by atoms with Crippen molar-refractivity contribution in [2.45, 2.75) is 44.0 Å². The third kappa shape index (κ3) is 12.7. The second-order valence-electron chi connectivity index (χ2n) is 10.4. The number of anilines is 1. The van der Waals surface area contributed by atoms with E-state index in [2.05, 4.69) is 26.6 Å². The first-order chi connectivity index (χ1) is 21.7. The van der Waals surface area contributed by atoms with E-state index in [-0.39, 0.29) is 37.1 Å². The molecule has 46 heavy (non-hydrogen) atoms. The van der Waals surface area contributed by atoms with Gasteiger partial charge in [-0.15, -0.1) is 12.4 Å². The number of carbonyl (C=O) groups excluding carboxylic acids is 4. The van der Waals surface area contributed by atoms with E-state index in [1.165, 1.54) is 11.8 Å². The molecular formula is C33H42ClN5O6S. The van der Waals surface area contributed by atoms with Crippen molar-refractivity contribution in [3.63, 3.8) is 0 Å². The average molecular weight is 672 g/mol. The molecule has 0 aliphatic carbocycles. The van der Waals surface area contributed by atoms with Crippen LogP contribution in [-0.4, -0.2) is 77.6 Å². The predicted molar refractivity (Wildman–Crippen MR) is 183 cm³/mol. The molecule has 3 aromatic carbocycles. The average Bonchev–Trinajstić information content (AvgIpc) is 3.05. The number of phenolic OH excluding ortho intramolecular Hbond substituents is 1. The van der Waals surface area contributed by atoms with Gasteiger partial charge in [-0.1, -0.05) is 54.6 Å². The summed E-state index contributed by atoms with van der Waals surface area (Å²) in [4.78, 5) is 52.5. The molecule has 4 amide bonds. The fourth-order valence-corrected chi connectivity index (χ4v) is 5.01. The number of aliphatic hydroxyl groups is 1. The molecule has 0 saturated carbocycles. The molecule has 7 N–H and O–H groups in total. The number of likely N-dealkylation sites (N-methyl/N-ethyl adjacent to an activating group) is 1. The zero-order chi connectivity index (χ0) is 32.6. The molecular weight excluding hydrogens is 630 g/mol. The standard InChI is InChI=1S/C33H41N5O6S.ClH/c1-34-28(18-23-11-13-26(40)14-12-23)32(43)38-27(15-16-45-2)31(42)35-20-30(41)37-29(19-22-7-4-3-5-8-22)33(44)36-25-10-6-9-24(17-25)21-39;/h3-14,17,27-29,34,39-40H,15-16,18-21H2,1-2H3,(H,35,42)(H,36,44)(H,37,41)(H,38,43);1H/t27-,28+,29+;/m1./s1. The Morgan fingerprint density at radius 3 is 2.07 bits per heavy atom. The number of phenols is 1. The van der Waals surface area contributed by atoms with Gasteiger partial charge in [0.2, 0.25) is 23.6 Å². The quantitative estimate of drug-likeness (QED) is 0.115. The van der Waals surface area contributed by atoms with E-state index < -0.39 is 42.4 Å². The van der Waals surface area contributed by atoms with Crippen LogP contribution in [0, 0.1) is 0 Å². The van der Waals surface area contributed by atoms with Crippen molar-refractivity contribution in [3.05, 3.63) is 95.6 Å². The Bertz CT molecular complexity index is 1410. The van der Waals surface area contributed by atoms with Crippen molar-refractivity contribution in [2.24, 2.45) is 0 Å². The Morgan fingerprint density at radius 2 is 1.41 bits per heavy atom. The predicted octanol–water partition coefficient (Wildman–Crippen LogP) is 2.16. The monoisotopic (exact) mass is 671 g/mol. The molecule has 0 heterocycles. The van der Waals surface area contributed by atoms with E-state index in [0.717, 1.165) is 11.1 Å². The maximum atomic E-state index is 13.2. The Morgan fingerprint density at radius 1 is 0.761 bits per heavy atom. The maximum absolute atomic E-state index is 13.2. The van der Waals surface area contributed by atoms with Gasteiger partial charge in [0.25, 0.3) is 0 Å². The van der Waals surface area contributed by atoms with Gasteiger partial charge in [0.05, 0.1) is 19.2 Å². The number of hydrogen-bond acceptors (Lipinski definition) is 8. The van der Waals surface area contributed by atoms with Crippen LogP contribution >= 0.6 is 24.2 Å². The summed E-state index contributed by atoms with van der Waals surface area (Å²) in [6, 6.07) is 20.1. The molecule has 0 aliphatic heterocycles.